The molecule has 0 aromatic carbocycles. The van der Waals surface area contributed by atoms with E-state index in [9.17, 15) is 0 Å². The molecule has 0 amide bonds. The van der Waals surface area contributed by atoms with Crippen LogP contribution in [0.5, 0.6) is 0 Å². The molecule has 1 nitrogen and oxygen atoms in total. The Labute approximate surface area is 108 Å². The van der Waals surface area contributed by atoms with Gasteiger partial charge in [-0.3, -0.25) is 0 Å². The fourth-order valence-corrected chi connectivity index (χ4v) is 3.39. The third kappa shape index (κ3) is 3.73. The highest BCUT2D eigenvalue weighted by Gasteiger charge is 2.34. The second-order valence-corrected chi connectivity index (χ2v) is 6.49. The van der Waals surface area contributed by atoms with Crippen molar-refractivity contribution in [3.05, 3.63) is 0 Å². The molecule has 2 fully saturated rings. The summed E-state index contributed by atoms with van der Waals surface area (Å²) in [4.78, 5) is 0. The van der Waals surface area contributed by atoms with Crippen LogP contribution in [0.2, 0.25) is 0 Å². The van der Waals surface area contributed by atoms with Crippen molar-refractivity contribution in [1.82, 2.24) is 0 Å². The molecule has 94 valence electrons. The Morgan fingerprint density at radius 3 is 2.44 bits per heavy atom. The van der Waals surface area contributed by atoms with E-state index in [1.807, 2.05) is 0 Å². The molecular formula is C14H25BrO. The molecule has 0 aromatic heterocycles. The summed E-state index contributed by atoms with van der Waals surface area (Å²) >= 11 is 3.66. The van der Waals surface area contributed by atoms with Crippen molar-refractivity contribution in [2.75, 3.05) is 11.9 Å². The first kappa shape index (κ1) is 12.9. The molecule has 0 heterocycles. The largest absolute Gasteiger partial charge is 0.374 e. The zero-order valence-electron chi connectivity index (χ0n) is 10.5. The van der Waals surface area contributed by atoms with Gasteiger partial charge in [0.05, 0.1) is 5.60 Å². The van der Waals surface area contributed by atoms with Gasteiger partial charge in [-0.25, -0.2) is 0 Å². The maximum Gasteiger partial charge on any atom is 0.0779 e. The van der Waals surface area contributed by atoms with Gasteiger partial charge < -0.3 is 4.74 Å². The molecule has 0 radical (unpaired) electrons. The fourth-order valence-electron chi connectivity index (χ4n) is 2.67. The number of rotatable bonds is 6. The quantitative estimate of drug-likeness (QED) is 0.515. The first-order valence-corrected chi connectivity index (χ1v) is 8.06. The van der Waals surface area contributed by atoms with Crippen molar-refractivity contribution < 1.29 is 4.74 Å². The summed E-state index contributed by atoms with van der Waals surface area (Å²) in [6, 6.07) is 0. The average molecular weight is 289 g/mol. The molecule has 2 saturated carbocycles. The fraction of sp³-hybridized carbons (Fsp3) is 1.00. The van der Waals surface area contributed by atoms with Gasteiger partial charge in [0.25, 0.3) is 0 Å². The van der Waals surface area contributed by atoms with Crippen molar-refractivity contribution >= 4 is 15.9 Å². The van der Waals surface area contributed by atoms with Crippen LogP contribution in [0.1, 0.15) is 58.3 Å². The van der Waals surface area contributed by atoms with Gasteiger partial charge >= 0.3 is 0 Å². The number of halogens is 1. The summed E-state index contributed by atoms with van der Waals surface area (Å²) < 4.78 is 6.20. The molecule has 0 bridgehead atoms. The first-order chi connectivity index (χ1) is 7.74. The van der Waals surface area contributed by atoms with Crippen molar-refractivity contribution in [3.63, 3.8) is 0 Å². The predicted octanol–water partition coefficient (Wildman–Crippen LogP) is 4.54. The Morgan fingerprint density at radius 2 is 1.88 bits per heavy atom. The zero-order chi connectivity index (χ0) is 11.4. The van der Waals surface area contributed by atoms with Crippen LogP contribution in [0.3, 0.4) is 0 Å². The van der Waals surface area contributed by atoms with E-state index in [4.69, 9.17) is 4.74 Å². The summed E-state index contributed by atoms with van der Waals surface area (Å²) in [5, 5.41) is 1.02. The third-order valence-corrected chi connectivity index (χ3v) is 5.31. The van der Waals surface area contributed by atoms with Gasteiger partial charge in [0, 0.05) is 11.9 Å². The molecular weight excluding hydrogens is 264 g/mol. The lowest BCUT2D eigenvalue weighted by molar-refractivity contribution is -0.0600. The van der Waals surface area contributed by atoms with E-state index in [1.54, 1.807) is 0 Å². The van der Waals surface area contributed by atoms with E-state index in [-0.39, 0.29) is 5.60 Å². The maximum atomic E-state index is 6.20. The minimum Gasteiger partial charge on any atom is -0.374 e. The Kier molecular flexibility index (Phi) is 4.72. The smallest absolute Gasteiger partial charge is 0.0779 e. The maximum absolute atomic E-state index is 6.20. The van der Waals surface area contributed by atoms with E-state index in [1.165, 1.54) is 51.4 Å². The normalized spacial score (nSPS) is 35.2. The molecule has 0 N–H and O–H groups in total. The van der Waals surface area contributed by atoms with Gasteiger partial charge in [-0.2, -0.15) is 0 Å². The van der Waals surface area contributed by atoms with Crippen LogP contribution < -0.4 is 0 Å². The minimum atomic E-state index is 0.177. The van der Waals surface area contributed by atoms with E-state index >= 15 is 0 Å². The van der Waals surface area contributed by atoms with Crippen LogP contribution in [0.15, 0.2) is 0 Å². The average Bonchev–Trinajstić information content (AvgIpc) is 3.12. The second-order valence-electron chi connectivity index (χ2n) is 5.93. The molecule has 0 atom stereocenters. The number of alkyl halides is 1. The van der Waals surface area contributed by atoms with E-state index in [0.29, 0.717) is 0 Å². The van der Waals surface area contributed by atoms with Crippen LogP contribution in [-0.2, 0) is 4.74 Å². The molecule has 0 aromatic rings. The molecule has 0 aliphatic heterocycles. The van der Waals surface area contributed by atoms with Crippen molar-refractivity contribution in [2.45, 2.75) is 63.9 Å². The van der Waals surface area contributed by atoms with Crippen LogP contribution in [0.25, 0.3) is 0 Å². The number of hydrogen-bond donors (Lipinski definition) is 0. The molecule has 0 saturated heterocycles. The lowest BCUT2D eigenvalue weighted by Gasteiger charge is -2.38. The molecule has 2 aliphatic rings. The second kappa shape index (κ2) is 5.86. The van der Waals surface area contributed by atoms with Crippen LogP contribution in [0, 0.1) is 11.8 Å². The van der Waals surface area contributed by atoms with E-state index in [0.717, 1.165) is 23.8 Å². The Balaban J connectivity index is 1.66. The zero-order valence-corrected chi connectivity index (χ0v) is 12.1. The summed E-state index contributed by atoms with van der Waals surface area (Å²) in [6.07, 6.45) is 10.8. The standard InChI is InChI=1S/C14H25BrO/c1-12-6-8-14(11-15,9-7-12)16-10-2-3-13-4-5-13/h12-13H,2-11H2,1H3. The number of ether oxygens (including phenoxy) is 1. The topological polar surface area (TPSA) is 9.23 Å². The summed E-state index contributed by atoms with van der Waals surface area (Å²) in [5.41, 5.74) is 0.177. The van der Waals surface area contributed by atoms with E-state index in [2.05, 4.69) is 22.9 Å². The van der Waals surface area contributed by atoms with Crippen molar-refractivity contribution in [3.8, 4) is 0 Å². The summed E-state index contributed by atoms with van der Waals surface area (Å²) in [6.45, 7) is 3.35. The molecule has 2 rings (SSSR count). The van der Waals surface area contributed by atoms with Gasteiger partial charge in [-0.15, -0.1) is 0 Å². The van der Waals surface area contributed by atoms with E-state index < -0.39 is 0 Å². The number of hydrogen-bond acceptors (Lipinski definition) is 1. The Morgan fingerprint density at radius 1 is 1.19 bits per heavy atom. The SMILES string of the molecule is CC1CCC(CBr)(OCCCC2CC2)CC1. The first-order valence-electron chi connectivity index (χ1n) is 6.94. The predicted molar refractivity (Wildman–Crippen MR) is 72.1 cm³/mol. The van der Waals surface area contributed by atoms with Crippen LogP contribution in [0.4, 0.5) is 0 Å². The van der Waals surface area contributed by atoms with Gasteiger partial charge in [0.2, 0.25) is 0 Å². The van der Waals surface area contributed by atoms with Crippen LogP contribution >= 0.6 is 15.9 Å². The molecule has 16 heavy (non-hydrogen) atoms. The van der Waals surface area contributed by atoms with Gasteiger partial charge in [-0.05, 0) is 50.4 Å². The summed E-state index contributed by atoms with van der Waals surface area (Å²) in [5.74, 6) is 1.96. The third-order valence-electron chi connectivity index (χ3n) is 4.29. The van der Waals surface area contributed by atoms with Gasteiger partial charge in [0.1, 0.15) is 0 Å². The Bertz CT molecular complexity index is 205. The highest BCUT2D eigenvalue weighted by Crippen LogP contribution is 2.37. The Hall–Kier alpha value is 0.440. The highest BCUT2D eigenvalue weighted by molar-refractivity contribution is 9.09. The van der Waals surface area contributed by atoms with Crippen molar-refractivity contribution in [1.29, 1.82) is 0 Å². The molecule has 0 unspecified atom stereocenters. The lowest BCUT2D eigenvalue weighted by atomic mass is 9.80. The van der Waals surface area contributed by atoms with Gasteiger partial charge in [0.15, 0.2) is 0 Å². The minimum absolute atomic E-state index is 0.177. The molecule has 0 spiro atoms. The lowest BCUT2D eigenvalue weighted by Crippen LogP contribution is -2.38. The monoisotopic (exact) mass is 288 g/mol. The van der Waals surface area contributed by atoms with Crippen molar-refractivity contribution in [2.24, 2.45) is 11.8 Å². The highest BCUT2D eigenvalue weighted by atomic mass is 79.9. The van der Waals surface area contributed by atoms with Gasteiger partial charge in [-0.1, -0.05) is 35.7 Å². The molecule has 2 heteroatoms. The summed E-state index contributed by atoms with van der Waals surface area (Å²) in [7, 11) is 0. The molecule has 2 aliphatic carbocycles. The van der Waals surface area contributed by atoms with Crippen LogP contribution in [-0.4, -0.2) is 17.5 Å².